The molecule has 2 saturated heterocycles. The average Bonchev–Trinajstić information content (AvgIpc) is 2.56. The van der Waals surface area contributed by atoms with Crippen molar-refractivity contribution in [1.82, 2.24) is 10.2 Å². The zero-order valence-corrected chi connectivity index (χ0v) is 7.58. The molecule has 3 fully saturated rings. The van der Waals surface area contributed by atoms with Crippen LogP contribution in [0.4, 0.5) is 0 Å². The van der Waals surface area contributed by atoms with Gasteiger partial charge < -0.3 is 9.64 Å². The zero-order chi connectivity index (χ0) is 8.89. The zero-order valence-electron chi connectivity index (χ0n) is 7.58. The minimum absolute atomic E-state index is 0.136. The molecule has 72 valence electrons. The van der Waals surface area contributed by atoms with E-state index in [4.69, 9.17) is 4.74 Å². The topological polar surface area (TPSA) is 41.6 Å². The summed E-state index contributed by atoms with van der Waals surface area (Å²) in [4.78, 5) is 13.8. The van der Waals surface area contributed by atoms with Crippen molar-refractivity contribution in [2.45, 2.75) is 30.8 Å². The maximum Gasteiger partial charge on any atom is 0.244 e. The Balaban J connectivity index is 1.75. The van der Waals surface area contributed by atoms with Crippen molar-refractivity contribution in [3.05, 3.63) is 0 Å². The van der Waals surface area contributed by atoms with Gasteiger partial charge in [-0.2, -0.15) is 0 Å². The Morgan fingerprint density at radius 2 is 2.38 bits per heavy atom. The Bertz CT molecular complexity index is 244. The second-order valence-electron chi connectivity index (χ2n) is 4.21. The van der Waals surface area contributed by atoms with E-state index in [0.29, 0.717) is 11.9 Å². The molecule has 4 heteroatoms. The van der Waals surface area contributed by atoms with Crippen LogP contribution in [-0.4, -0.2) is 42.3 Å². The lowest BCUT2D eigenvalue weighted by Crippen LogP contribution is -2.39. The second kappa shape index (κ2) is 2.45. The van der Waals surface area contributed by atoms with Gasteiger partial charge in [0.15, 0.2) is 0 Å². The molecule has 13 heavy (non-hydrogen) atoms. The fraction of sp³-hybridized carbons (Fsp3) is 0.889. The molecule has 1 saturated carbocycles. The monoisotopic (exact) mass is 182 g/mol. The minimum atomic E-state index is -0.136. The van der Waals surface area contributed by atoms with Crippen molar-refractivity contribution in [3.63, 3.8) is 0 Å². The van der Waals surface area contributed by atoms with Gasteiger partial charge in [0.2, 0.25) is 5.91 Å². The molecule has 3 aliphatic rings. The van der Waals surface area contributed by atoms with Crippen LogP contribution in [0.3, 0.4) is 0 Å². The Morgan fingerprint density at radius 3 is 2.92 bits per heavy atom. The molecule has 0 bridgehead atoms. The molecule has 2 aliphatic heterocycles. The van der Waals surface area contributed by atoms with Gasteiger partial charge in [0.05, 0.1) is 24.9 Å². The normalized spacial score (nSPS) is 36.2. The van der Waals surface area contributed by atoms with Crippen LogP contribution in [0, 0.1) is 0 Å². The summed E-state index contributed by atoms with van der Waals surface area (Å²) in [6.07, 6.45) is 3.05. The molecular formula is C9H14N2O2. The highest BCUT2D eigenvalue weighted by Crippen LogP contribution is 2.41. The quantitative estimate of drug-likeness (QED) is 0.605. The Hall–Kier alpha value is -0.610. The van der Waals surface area contributed by atoms with Gasteiger partial charge in [0.1, 0.15) is 0 Å². The highest BCUT2D eigenvalue weighted by atomic mass is 16.5. The first-order valence-corrected chi connectivity index (χ1v) is 4.96. The molecule has 0 aromatic heterocycles. The summed E-state index contributed by atoms with van der Waals surface area (Å²) in [5.74, 6) is 0.308. The smallest absolute Gasteiger partial charge is 0.244 e. The summed E-state index contributed by atoms with van der Waals surface area (Å²) >= 11 is 0. The molecule has 1 unspecified atom stereocenters. The van der Waals surface area contributed by atoms with Gasteiger partial charge in [-0.1, -0.05) is 0 Å². The van der Waals surface area contributed by atoms with Gasteiger partial charge in [-0.3, -0.25) is 10.1 Å². The Morgan fingerprint density at radius 1 is 1.54 bits per heavy atom. The summed E-state index contributed by atoms with van der Waals surface area (Å²) in [5, 5.41) is 3.30. The van der Waals surface area contributed by atoms with Crippen LogP contribution in [0.1, 0.15) is 19.3 Å². The molecule has 1 spiro atoms. The summed E-state index contributed by atoms with van der Waals surface area (Å²) in [6.45, 7) is 2.26. The van der Waals surface area contributed by atoms with E-state index in [2.05, 4.69) is 5.32 Å². The summed E-state index contributed by atoms with van der Waals surface area (Å²) < 4.78 is 5.28. The predicted molar refractivity (Wildman–Crippen MR) is 46.0 cm³/mol. The molecule has 0 radical (unpaired) electrons. The van der Waals surface area contributed by atoms with Crippen molar-refractivity contribution in [1.29, 1.82) is 0 Å². The molecule has 3 rings (SSSR count). The van der Waals surface area contributed by atoms with E-state index in [1.54, 1.807) is 0 Å². The molecule has 1 atom stereocenters. The molecule has 4 nitrogen and oxygen atoms in total. The molecule has 0 aromatic rings. The van der Waals surface area contributed by atoms with E-state index in [1.165, 1.54) is 0 Å². The maximum absolute atomic E-state index is 11.9. The molecular weight excluding hydrogens is 168 g/mol. The van der Waals surface area contributed by atoms with Crippen molar-refractivity contribution < 1.29 is 9.53 Å². The van der Waals surface area contributed by atoms with Crippen LogP contribution in [0.15, 0.2) is 0 Å². The minimum Gasteiger partial charge on any atom is -0.379 e. The SMILES string of the molecule is O=C1N(C2CCOC2)CNC12CC2. The lowest BCUT2D eigenvalue weighted by Gasteiger charge is -2.21. The first-order valence-electron chi connectivity index (χ1n) is 4.96. The first-order chi connectivity index (χ1) is 6.32. The number of nitrogens with one attached hydrogen (secondary N) is 1. The van der Waals surface area contributed by atoms with E-state index >= 15 is 0 Å². The van der Waals surface area contributed by atoms with E-state index in [0.717, 1.165) is 39.1 Å². The van der Waals surface area contributed by atoms with Crippen LogP contribution in [0.5, 0.6) is 0 Å². The lowest BCUT2D eigenvalue weighted by atomic mass is 10.2. The lowest BCUT2D eigenvalue weighted by molar-refractivity contribution is -0.131. The summed E-state index contributed by atoms with van der Waals surface area (Å²) in [7, 11) is 0. The van der Waals surface area contributed by atoms with Crippen LogP contribution in [-0.2, 0) is 9.53 Å². The molecule has 1 amide bonds. The first kappa shape index (κ1) is 7.76. The van der Waals surface area contributed by atoms with E-state index < -0.39 is 0 Å². The second-order valence-corrected chi connectivity index (χ2v) is 4.21. The van der Waals surface area contributed by atoms with Gasteiger partial charge in [0, 0.05) is 6.61 Å². The number of amides is 1. The van der Waals surface area contributed by atoms with Crippen molar-refractivity contribution >= 4 is 5.91 Å². The third kappa shape index (κ3) is 1.02. The number of hydrogen-bond donors (Lipinski definition) is 1. The van der Waals surface area contributed by atoms with Crippen LogP contribution in [0.25, 0.3) is 0 Å². The van der Waals surface area contributed by atoms with Crippen LogP contribution in [0.2, 0.25) is 0 Å². The molecule has 0 aromatic carbocycles. The number of rotatable bonds is 1. The molecule has 1 N–H and O–H groups in total. The average molecular weight is 182 g/mol. The Kier molecular flexibility index (Phi) is 1.46. The van der Waals surface area contributed by atoms with Crippen LogP contribution < -0.4 is 5.32 Å². The number of ether oxygens (including phenoxy) is 1. The molecule has 2 heterocycles. The van der Waals surface area contributed by atoms with E-state index in [9.17, 15) is 4.79 Å². The number of hydrogen-bond acceptors (Lipinski definition) is 3. The van der Waals surface area contributed by atoms with Gasteiger partial charge in [0.25, 0.3) is 0 Å². The van der Waals surface area contributed by atoms with Gasteiger partial charge in [-0.05, 0) is 19.3 Å². The standard InChI is InChI=1S/C9H14N2O2/c12-8-9(2-3-9)10-6-11(8)7-1-4-13-5-7/h7,10H,1-6H2. The largest absolute Gasteiger partial charge is 0.379 e. The van der Waals surface area contributed by atoms with Gasteiger partial charge in [-0.15, -0.1) is 0 Å². The third-order valence-corrected chi connectivity index (χ3v) is 3.35. The van der Waals surface area contributed by atoms with E-state index in [-0.39, 0.29) is 5.54 Å². The van der Waals surface area contributed by atoms with Gasteiger partial charge >= 0.3 is 0 Å². The van der Waals surface area contributed by atoms with Crippen molar-refractivity contribution in [3.8, 4) is 0 Å². The highest BCUT2D eigenvalue weighted by Gasteiger charge is 2.56. The number of carbonyl (C=O) groups is 1. The highest BCUT2D eigenvalue weighted by molar-refractivity contribution is 5.91. The summed E-state index contributed by atoms with van der Waals surface area (Å²) in [6, 6.07) is 0.333. The fourth-order valence-electron chi connectivity index (χ4n) is 2.24. The number of carbonyl (C=O) groups excluding carboxylic acids is 1. The molecule has 1 aliphatic carbocycles. The van der Waals surface area contributed by atoms with Gasteiger partial charge in [-0.25, -0.2) is 0 Å². The van der Waals surface area contributed by atoms with Crippen molar-refractivity contribution in [2.75, 3.05) is 19.9 Å². The Labute approximate surface area is 77.2 Å². The van der Waals surface area contributed by atoms with Crippen LogP contribution >= 0.6 is 0 Å². The van der Waals surface area contributed by atoms with E-state index in [1.807, 2.05) is 4.90 Å². The number of nitrogens with zero attached hydrogens (tertiary/aromatic N) is 1. The fourth-order valence-corrected chi connectivity index (χ4v) is 2.24. The third-order valence-electron chi connectivity index (χ3n) is 3.35. The van der Waals surface area contributed by atoms with Crippen molar-refractivity contribution in [2.24, 2.45) is 0 Å². The summed E-state index contributed by atoms with van der Waals surface area (Å²) in [5.41, 5.74) is -0.136. The predicted octanol–water partition coefficient (Wildman–Crippen LogP) is -0.303. The maximum atomic E-state index is 11.9.